The van der Waals surface area contributed by atoms with Crippen LogP contribution in [0.3, 0.4) is 0 Å². The lowest BCUT2D eigenvalue weighted by atomic mass is 10.1. The Morgan fingerprint density at radius 1 is 1.25 bits per heavy atom. The first-order chi connectivity index (χ1) is 11.6. The maximum Gasteiger partial charge on any atom is 0.420 e. The molecule has 2 aromatic carbocycles. The summed E-state index contributed by atoms with van der Waals surface area (Å²) in [7, 11) is 0. The van der Waals surface area contributed by atoms with E-state index < -0.39 is 5.76 Å². The molecule has 5 nitrogen and oxygen atoms in total. The summed E-state index contributed by atoms with van der Waals surface area (Å²) in [6.07, 6.45) is 1.97. The highest BCUT2D eigenvalue weighted by Gasteiger charge is 2.11. The zero-order valence-electron chi connectivity index (χ0n) is 13.5. The Labute approximate surface area is 143 Å². The summed E-state index contributed by atoms with van der Waals surface area (Å²) < 4.78 is 6.71. The lowest BCUT2D eigenvalue weighted by molar-refractivity contribution is 0.0951. The van der Waals surface area contributed by atoms with Crippen molar-refractivity contribution in [2.75, 3.05) is 12.8 Å². The first kappa shape index (κ1) is 16.4. The summed E-state index contributed by atoms with van der Waals surface area (Å²) in [6, 6.07) is 13.1. The van der Waals surface area contributed by atoms with E-state index in [9.17, 15) is 9.59 Å². The van der Waals surface area contributed by atoms with E-state index in [0.29, 0.717) is 24.2 Å². The number of oxazole rings is 1. The molecular weight excluding hydrogens is 324 g/mol. The fourth-order valence-corrected chi connectivity index (χ4v) is 3.01. The number of benzene rings is 2. The molecule has 0 atom stereocenters. The third kappa shape index (κ3) is 3.23. The van der Waals surface area contributed by atoms with Gasteiger partial charge >= 0.3 is 5.76 Å². The van der Waals surface area contributed by atoms with Gasteiger partial charge in [0.25, 0.3) is 5.91 Å². The SMILES string of the molecule is CSc1ccc(C)c(C(=O)NCCn2c(=O)oc3ccccc32)c1. The molecule has 0 radical (unpaired) electrons. The van der Waals surface area contributed by atoms with Crippen LogP contribution in [0, 0.1) is 6.92 Å². The molecular formula is C18H18N2O3S. The number of rotatable bonds is 5. The Morgan fingerprint density at radius 2 is 2.04 bits per heavy atom. The van der Waals surface area contributed by atoms with Gasteiger partial charge in [0.1, 0.15) is 0 Å². The fraction of sp³-hybridized carbons (Fsp3) is 0.222. The largest absolute Gasteiger partial charge is 0.420 e. The lowest BCUT2D eigenvalue weighted by Crippen LogP contribution is -2.30. The monoisotopic (exact) mass is 342 g/mol. The highest BCUT2D eigenvalue weighted by molar-refractivity contribution is 7.98. The van der Waals surface area contributed by atoms with Crippen LogP contribution < -0.4 is 11.1 Å². The molecule has 3 aromatic rings. The van der Waals surface area contributed by atoms with Crippen LogP contribution in [0.25, 0.3) is 11.1 Å². The number of thioether (sulfide) groups is 1. The van der Waals surface area contributed by atoms with Crippen molar-refractivity contribution >= 4 is 28.8 Å². The van der Waals surface area contributed by atoms with Crippen LogP contribution in [0.2, 0.25) is 0 Å². The van der Waals surface area contributed by atoms with Gasteiger partial charge < -0.3 is 9.73 Å². The second-order valence-electron chi connectivity index (χ2n) is 5.42. The molecule has 0 aliphatic heterocycles. The number of hydrogen-bond donors (Lipinski definition) is 1. The van der Waals surface area contributed by atoms with Gasteiger partial charge in [-0.15, -0.1) is 11.8 Å². The van der Waals surface area contributed by atoms with Gasteiger partial charge in [-0.25, -0.2) is 4.79 Å². The van der Waals surface area contributed by atoms with Crippen molar-refractivity contribution in [1.82, 2.24) is 9.88 Å². The summed E-state index contributed by atoms with van der Waals surface area (Å²) in [6.45, 7) is 2.63. The second kappa shape index (κ2) is 6.97. The van der Waals surface area contributed by atoms with E-state index in [0.717, 1.165) is 16.0 Å². The van der Waals surface area contributed by atoms with Crippen LogP contribution >= 0.6 is 11.8 Å². The van der Waals surface area contributed by atoms with Crippen LogP contribution in [0.15, 0.2) is 56.6 Å². The minimum Gasteiger partial charge on any atom is -0.408 e. The molecule has 0 saturated heterocycles. The molecule has 124 valence electrons. The molecule has 0 fully saturated rings. The Balaban J connectivity index is 1.71. The lowest BCUT2D eigenvalue weighted by Gasteiger charge is -2.09. The number of nitrogens with one attached hydrogen (secondary N) is 1. The average Bonchev–Trinajstić information content (AvgIpc) is 2.91. The van der Waals surface area contributed by atoms with Gasteiger partial charge in [-0.05, 0) is 43.0 Å². The third-order valence-electron chi connectivity index (χ3n) is 3.88. The first-order valence-electron chi connectivity index (χ1n) is 7.61. The minimum atomic E-state index is -0.411. The molecule has 3 rings (SSSR count). The third-order valence-corrected chi connectivity index (χ3v) is 4.61. The van der Waals surface area contributed by atoms with Crippen LogP contribution in [0.4, 0.5) is 0 Å². The average molecular weight is 342 g/mol. The zero-order valence-corrected chi connectivity index (χ0v) is 14.4. The molecule has 0 aliphatic carbocycles. The molecule has 6 heteroatoms. The van der Waals surface area contributed by atoms with Crippen molar-refractivity contribution in [3.8, 4) is 0 Å². The Kier molecular flexibility index (Phi) is 4.76. The van der Waals surface area contributed by atoms with Crippen molar-refractivity contribution in [2.45, 2.75) is 18.4 Å². The van der Waals surface area contributed by atoms with Gasteiger partial charge in [-0.1, -0.05) is 18.2 Å². The van der Waals surface area contributed by atoms with Crippen molar-refractivity contribution in [1.29, 1.82) is 0 Å². The minimum absolute atomic E-state index is 0.135. The molecule has 0 saturated carbocycles. The van der Waals surface area contributed by atoms with Crippen molar-refractivity contribution in [3.05, 3.63) is 64.1 Å². The van der Waals surface area contributed by atoms with Gasteiger partial charge in [0.15, 0.2) is 5.58 Å². The first-order valence-corrected chi connectivity index (χ1v) is 8.84. The quantitative estimate of drug-likeness (QED) is 0.724. The molecule has 1 aromatic heterocycles. The number of fused-ring (bicyclic) bond motifs is 1. The number of nitrogens with zero attached hydrogens (tertiary/aromatic N) is 1. The van der Waals surface area contributed by atoms with E-state index >= 15 is 0 Å². The number of carbonyl (C=O) groups is 1. The summed E-state index contributed by atoms with van der Waals surface area (Å²) in [5.74, 6) is -0.546. The maximum absolute atomic E-state index is 12.4. The van der Waals surface area contributed by atoms with Gasteiger partial charge in [0.05, 0.1) is 5.52 Å². The number of para-hydroxylation sites is 2. The van der Waals surface area contributed by atoms with Crippen molar-refractivity contribution in [3.63, 3.8) is 0 Å². The Bertz CT molecular complexity index is 943. The molecule has 0 unspecified atom stereocenters. The number of aromatic nitrogens is 1. The number of aryl methyl sites for hydroxylation is 1. The Hall–Kier alpha value is -2.47. The van der Waals surface area contributed by atoms with Gasteiger partial charge in [-0.2, -0.15) is 0 Å². The number of carbonyl (C=O) groups excluding carboxylic acids is 1. The molecule has 1 amide bonds. The van der Waals surface area contributed by atoms with E-state index in [1.807, 2.05) is 49.6 Å². The predicted molar refractivity (Wildman–Crippen MR) is 95.8 cm³/mol. The van der Waals surface area contributed by atoms with Crippen molar-refractivity contribution in [2.24, 2.45) is 0 Å². The topological polar surface area (TPSA) is 64.2 Å². The van der Waals surface area contributed by atoms with Crippen molar-refractivity contribution < 1.29 is 9.21 Å². The van der Waals surface area contributed by atoms with Crippen LogP contribution in [-0.4, -0.2) is 23.3 Å². The van der Waals surface area contributed by atoms with E-state index in [1.54, 1.807) is 17.8 Å². The molecule has 0 aliphatic rings. The van der Waals surface area contributed by atoms with Gasteiger partial charge in [0.2, 0.25) is 0 Å². The van der Waals surface area contributed by atoms with Gasteiger partial charge in [-0.3, -0.25) is 9.36 Å². The number of amides is 1. The second-order valence-corrected chi connectivity index (χ2v) is 6.30. The molecule has 1 heterocycles. The molecule has 1 N–H and O–H groups in total. The summed E-state index contributed by atoms with van der Waals surface area (Å²) in [5, 5.41) is 2.87. The number of hydrogen-bond acceptors (Lipinski definition) is 4. The van der Waals surface area contributed by atoms with E-state index in [4.69, 9.17) is 4.42 Å². The highest BCUT2D eigenvalue weighted by Crippen LogP contribution is 2.19. The molecule has 0 bridgehead atoms. The van der Waals surface area contributed by atoms with Crippen LogP contribution in [-0.2, 0) is 6.54 Å². The smallest absolute Gasteiger partial charge is 0.408 e. The normalized spacial score (nSPS) is 10.9. The molecule has 0 spiro atoms. The molecule has 24 heavy (non-hydrogen) atoms. The Morgan fingerprint density at radius 3 is 2.83 bits per heavy atom. The highest BCUT2D eigenvalue weighted by atomic mass is 32.2. The van der Waals surface area contributed by atoms with Crippen LogP contribution in [0.1, 0.15) is 15.9 Å². The summed E-state index contributed by atoms with van der Waals surface area (Å²) in [4.78, 5) is 25.3. The maximum atomic E-state index is 12.4. The van der Waals surface area contributed by atoms with Gasteiger partial charge in [0, 0.05) is 23.5 Å². The summed E-state index contributed by atoms with van der Waals surface area (Å²) in [5.41, 5.74) is 2.87. The fourth-order valence-electron chi connectivity index (χ4n) is 2.57. The van der Waals surface area contributed by atoms with E-state index in [1.165, 1.54) is 4.57 Å². The summed E-state index contributed by atoms with van der Waals surface area (Å²) >= 11 is 1.60. The van der Waals surface area contributed by atoms with Crippen LogP contribution in [0.5, 0.6) is 0 Å². The zero-order chi connectivity index (χ0) is 17.1. The standard InChI is InChI=1S/C18H18N2O3S/c1-12-7-8-13(24-2)11-14(12)17(21)19-9-10-20-15-5-3-4-6-16(15)23-18(20)22/h3-8,11H,9-10H2,1-2H3,(H,19,21). The predicted octanol–water partition coefficient (Wildman–Crippen LogP) is 3.05. The van der Waals surface area contributed by atoms with E-state index in [-0.39, 0.29) is 5.91 Å². The van der Waals surface area contributed by atoms with E-state index in [2.05, 4.69) is 5.32 Å².